The second-order valence-corrected chi connectivity index (χ2v) is 3.27. The molecule has 3 rings (SSSR count). The Bertz CT molecular complexity index is 91.4. The molecule has 0 radical (unpaired) electrons. The molecule has 2 heterocycles. The van der Waals surface area contributed by atoms with Gasteiger partial charge >= 0.3 is 0 Å². The molecule has 0 spiro atoms. The van der Waals surface area contributed by atoms with Crippen molar-refractivity contribution in [2.24, 2.45) is 17.8 Å². The highest BCUT2D eigenvalue weighted by molar-refractivity contribution is 4.92. The normalized spacial score (nSPS) is 42.9. The van der Waals surface area contributed by atoms with Gasteiger partial charge < -0.3 is 10.4 Å². The van der Waals surface area contributed by atoms with E-state index in [0.717, 1.165) is 24.9 Å². The van der Waals surface area contributed by atoms with Crippen LogP contribution in [0.25, 0.3) is 0 Å². The van der Waals surface area contributed by atoms with E-state index in [-0.39, 0.29) is 0 Å². The maximum Gasteiger partial charge on any atom is 0.0319 e. The van der Waals surface area contributed by atoms with Crippen LogP contribution in [0.4, 0.5) is 0 Å². The summed E-state index contributed by atoms with van der Waals surface area (Å²) < 4.78 is 0. The van der Waals surface area contributed by atoms with Crippen molar-refractivity contribution in [3.8, 4) is 0 Å². The van der Waals surface area contributed by atoms with Crippen LogP contribution < -0.4 is 5.32 Å². The fraction of sp³-hybridized carbons (Fsp3) is 1.00. The SMILES string of the molecule is CC1C2CNCC1C2.CO. The molecule has 3 fully saturated rings. The zero-order valence-electron chi connectivity index (χ0n) is 6.80. The van der Waals surface area contributed by atoms with E-state index in [2.05, 4.69) is 12.2 Å². The second-order valence-electron chi connectivity index (χ2n) is 3.27. The van der Waals surface area contributed by atoms with Crippen molar-refractivity contribution >= 4 is 0 Å². The summed E-state index contributed by atoms with van der Waals surface area (Å²) in [5.74, 6) is 3.11. The van der Waals surface area contributed by atoms with Crippen LogP contribution in [-0.2, 0) is 0 Å². The van der Waals surface area contributed by atoms with Crippen molar-refractivity contribution in [1.82, 2.24) is 5.32 Å². The predicted molar refractivity (Wildman–Crippen MR) is 41.8 cm³/mol. The third-order valence-electron chi connectivity index (χ3n) is 2.91. The first-order valence-corrected chi connectivity index (χ1v) is 4.03. The van der Waals surface area contributed by atoms with E-state index >= 15 is 0 Å². The van der Waals surface area contributed by atoms with E-state index in [9.17, 15) is 0 Å². The van der Waals surface area contributed by atoms with Crippen LogP contribution in [0.3, 0.4) is 0 Å². The van der Waals surface area contributed by atoms with Crippen molar-refractivity contribution in [1.29, 1.82) is 0 Å². The Balaban J connectivity index is 0.000000231. The summed E-state index contributed by atoms with van der Waals surface area (Å²) in [6, 6.07) is 0. The summed E-state index contributed by atoms with van der Waals surface area (Å²) >= 11 is 0. The molecule has 60 valence electrons. The third kappa shape index (κ3) is 1.18. The Kier molecular flexibility index (Phi) is 2.69. The molecular weight excluding hydrogens is 126 g/mol. The van der Waals surface area contributed by atoms with E-state index in [0.29, 0.717) is 0 Å². The van der Waals surface area contributed by atoms with E-state index < -0.39 is 0 Å². The van der Waals surface area contributed by atoms with Gasteiger partial charge in [0.2, 0.25) is 0 Å². The number of aliphatic hydroxyl groups excluding tert-OH is 1. The molecule has 1 saturated carbocycles. The van der Waals surface area contributed by atoms with Crippen LogP contribution in [0.2, 0.25) is 0 Å². The number of hydrogen-bond donors (Lipinski definition) is 2. The number of rotatable bonds is 0. The van der Waals surface area contributed by atoms with Gasteiger partial charge in [-0.3, -0.25) is 0 Å². The van der Waals surface area contributed by atoms with Gasteiger partial charge in [0, 0.05) is 7.11 Å². The molecule has 0 aromatic carbocycles. The predicted octanol–water partition coefficient (Wildman–Crippen LogP) is 0.470. The molecule has 0 aromatic heterocycles. The molecule has 2 bridgehead atoms. The van der Waals surface area contributed by atoms with E-state index in [1.54, 1.807) is 0 Å². The molecule has 0 amide bonds. The van der Waals surface area contributed by atoms with Gasteiger partial charge in [0.05, 0.1) is 0 Å². The maximum atomic E-state index is 7.00. The minimum Gasteiger partial charge on any atom is -0.400 e. The summed E-state index contributed by atoms with van der Waals surface area (Å²) in [6.45, 7) is 4.97. The average molecular weight is 143 g/mol. The molecule has 2 saturated heterocycles. The second kappa shape index (κ2) is 3.35. The van der Waals surface area contributed by atoms with Crippen LogP contribution >= 0.6 is 0 Å². The number of aliphatic hydroxyl groups is 1. The number of piperidine rings is 2. The van der Waals surface area contributed by atoms with Crippen LogP contribution in [0.1, 0.15) is 13.3 Å². The van der Waals surface area contributed by atoms with Crippen molar-refractivity contribution in [3.63, 3.8) is 0 Å². The minimum absolute atomic E-state index is 1.00. The van der Waals surface area contributed by atoms with Crippen LogP contribution in [0.15, 0.2) is 0 Å². The van der Waals surface area contributed by atoms with Crippen molar-refractivity contribution in [3.05, 3.63) is 0 Å². The van der Waals surface area contributed by atoms with E-state index in [1.807, 2.05) is 0 Å². The monoisotopic (exact) mass is 143 g/mol. The highest BCUT2D eigenvalue weighted by Gasteiger charge is 2.39. The number of nitrogens with one attached hydrogen (secondary N) is 1. The van der Waals surface area contributed by atoms with Gasteiger partial charge in [0.1, 0.15) is 0 Å². The average Bonchev–Trinajstić information content (AvgIpc) is 2.08. The third-order valence-corrected chi connectivity index (χ3v) is 2.91. The first kappa shape index (κ1) is 8.02. The van der Waals surface area contributed by atoms with Crippen molar-refractivity contribution in [2.45, 2.75) is 13.3 Å². The Morgan fingerprint density at radius 1 is 1.20 bits per heavy atom. The molecule has 2 N–H and O–H groups in total. The van der Waals surface area contributed by atoms with Crippen molar-refractivity contribution in [2.75, 3.05) is 20.2 Å². The summed E-state index contributed by atoms with van der Waals surface area (Å²) in [5.41, 5.74) is 0. The minimum atomic E-state index is 1.00. The smallest absolute Gasteiger partial charge is 0.0319 e. The molecule has 1 aliphatic carbocycles. The molecule has 2 unspecified atom stereocenters. The zero-order valence-corrected chi connectivity index (χ0v) is 6.80. The van der Waals surface area contributed by atoms with Gasteiger partial charge in [-0.25, -0.2) is 0 Å². The van der Waals surface area contributed by atoms with Gasteiger partial charge in [0.15, 0.2) is 0 Å². The highest BCUT2D eigenvalue weighted by atomic mass is 16.2. The fourth-order valence-corrected chi connectivity index (χ4v) is 2.00. The van der Waals surface area contributed by atoms with Gasteiger partial charge in [-0.05, 0) is 37.3 Å². The topological polar surface area (TPSA) is 32.3 Å². The van der Waals surface area contributed by atoms with Crippen LogP contribution in [0.5, 0.6) is 0 Å². The lowest BCUT2D eigenvalue weighted by atomic mass is 9.63. The molecule has 2 atom stereocenters. The molecule has 10 heavy (non-hydrogen) atoms. The fourth-order valence-electron chi connectivity index (χ4n) is 2.00. The van der Waals surface area contributed by atoms with Gasteiger partial charge in [-0.1, -0.05) is 6.92 Å². The first-order chi connectivity index (χ1) is 4.88. The standard InChI is InChI=1S/C7H13N.CH4O/c1-5-6-2-7(5)4-8-3-6;1-2/h5-8H,2-4H2,1H3;2H,1H3. The molecule has 2 nitrogen and oxygen atoms in total. The molecule has 0 aromatic rings. The Labute approximate surface area is 62.6 Å². The first-order valence-electron chi connectivity index (χ1n) is 4.03. The zero-order chi connectivity index (χ0) is 7.56. The van der Waals surface area contributed by atoms with Crippen LogP contribution in [0, 0.1) is 17.8 Å². The summed E-state index contributed by atoms with van der Waals surface area (Å²) in [7, 11) is 1.00. The summed E-state index contributed by atoms with van der Waals surface area (Å²) in [6.07, 6.45) is 1.51. The Hall–Kier alpha value is -0.0800. The summed E-state index contributed by atoms with van der Waals surface area (Å²) in [5, 5.41) is 10.4. The lowest BCUT2D eigenvalue weighted by molar-refractivity contribution is 0.0461. The number of fused-ring (bicyclic) bond motifs is 2. The molecular formula is C8H17NO. The summed E-state index contributed by atoms with van der Waals surface area (Å²) in [4.78, 5) is 0. The number of hydrogen-bond acceptors (Lipinski definition) is 2. The lowest BCUT2D eigenvalue weighted by Gasteiger charge is -2.48. The molecule has 2 aliphatic heterocycles. The van der Waals surface area contributed by atoms with Crippen molar-refractivity contribution < 1.29 is 5.11 Å². The van der Waals surface area contributed by atoms with Crippen LogP contribution in [-0.4, -0.2) is 25.3 Å². The van der Waals surface area contributed by atoms with E-state index in [4.69, 9.17) is 5.11 Å². The lowest BCUT2D eigenvalue weighted by Crippen LogP contribution is -2.51. The van der Waals surface area contributed by atoms with Gasteiger partial charge in [0.25, 0.3) is 0 Å². The highest BCUT2D eigenvalue weighted by Crippen LogP contribution is 2.41. The Morgan fingerprint density at radius 3 is 1.90 bits per heavy atom. The van der Waals surface area contributed by atoms with Gasteiger partial charge in [-0.2, -0.15) is 0 Å². The quantitative estimate of drug-likeness (QED) is 0.516. The molecule has 3 aliphatic rings. The largest absolute Gasteiger partial charge is 0.400 e. The Morgan fingerprint density at radius 2 is 1.70 bits per heavy atom. The molecule has 2 heteroatoms. The van der Waals surface area contributed by atoms with Gasteiger partial charge in [-0.15, -0.1) is 0 Å². The van der Waals surface area contributed by atoms with E-state index in [1.165, 1.54) is 19.5 Å². The maximum absolute atomic E-state index is 7.00.